The Morgan fingerprint density at radius 1 is 1.19 bits per heavy atom. The topological polar surface area (TPSA) is 86.0 Å². The number of nitrogens with zero attached hydrogens (tertiary/aromatic N) is 4. The molecule has 2 aromatic carbocycles. The molecule has 37 heavy (non-hydrogen) atoms. The largest absolute Gasteiger partial charge is 0.444 e. The maximum Gasteiger partial charge on any atom is 0.407 e. The van der Waals surface area contributed by atoms with Crippen molar-refractivity contribution in [2.45, 2.75) is 59.2 Å². The van der Waals surface area contributed by atoms with Crippen molar-refractivity contribution in [3.05, 3.63) is 59.8 Å². The zero-order valence-electron chi connectivity index (χ0n) is 21.7. The molecular formula is C27H30F2N6O2. The minimum absolute atomic E-state index is 0.116. The van der Waals surface area contributed by atoms with Gasteiger partial charge in [-0.25, -0.2) is 13.6 Å². The Hall–Kier alpha value is -3.95. The zero-order chi connectivity index (χ0) is 26.7. The van der Waals surface area contributed by atoms with Crippen LogP contribution < -0.4 is 10.6 Å². The van der Waals surface area contributed by atoms with Crippen LogP contribution in [-0.2, 0) is 16.8 Å². The summed E-state index contributed by atoms with van der Waals surface area (Å²) in [6.07, 6.45) is 1.34. The van der Waals surface area contributed by atoms with Gasteiger partial charge in [-0.2, -0.15) is 0 Å². The van der Waals surface area contributed by atoms with Gasteiger partial charge in [-0.15, -0.1) is 10.2 Å². The summed E-state index contributed by atoms with van der Waals surface area (Å²) in [5, 5.41) is 15.0. The Labute approximate surface area is 213 Å². The number of fused-ring (bicyclic) bond motifs is 4. The van der Waals surface area contributed by atoms with E-state index in [2.05, 4.69) is 20.8 Å². The summed E-state index contributed by atoms with van der Waals surface area (Å²) < 4.78 is 40.6. The zero-order valence-corrected chi connectivity index (χ0v) is 21.7. The first-order valence-electron chi connectivity index (χ1n) is 12.2. The number of aromatic nitrogens is 4. The van der Waals surface area contributed by atoms with E-state index in [0.29, 0.717) is 41.4 Å². The molecule has 5 rings (SSSR count). The SMILES string of the molecule is Cc1nnc2n1-c1c(cc(F)c(-c3cccc4c3ccn4CCNC(=O)OC(C)(C)C)c1F)NC2(C)C. The highest BCUT2D eigenvalue weighted by Crippen LogP contribution is 2.43. The van der Waals surface area contributed by atoms with Gasteiger partial charge < -0.3 is 19.9 Å². The third-order valence-corrected chi connectivity index (χ3v) is 6.35. The Balaban J connectivity index is 1.52. The molecule has 1 aliphatic heterocycles. The van der Waals surface area contributed by atoms with Crippen molar-refractivity contribution in [3.8, 4) is 16.8 Å². The highest BCUT2D eigenvalue weighted by molar-refractivity contribution is 5.97. The molecule has 0 spiro atoms. The van der Waals surface area contributed by atoms with Crippen LogP contribution in [0.25, 0.3) is 27.7 Å². The van der Waals surface area contributed by atoms with Gasteiger partial charge in [-0.3, -0.25) is 4.57 Å². The molecule has 2 aromatic heterocycles. The Morgan fingerprint density at radius 3 is 2.68 bits per heavy atom. The van der Waals surface area contributed by atoms with Crippen LogP contribution in [0, 0.1) is 18.6 Å². The second-order valence-electron chi connectivity index (χ2n) is 10.8. The smallest absolute Gasteiger partial charge is 0.407 e. The maximum absolute atomic E-state index is 16.2. The molecule has 0 saturated heterocycles. The van der Waals surface area contributed by atoms with Gasteiger partial charge in [0.05, 0.1) is 16.8 Å². The van der Waals surface area contributed by atoms with E-state index in [1.54, 1.807) is 44.4 Å². The second kappa shape index (κ2) is 8.57. The van der Waals surface area contributed by atoms with Crippen molar-refractivity contribution in [1.82, 2.24) is 24.6 Å². The molecule has 2 N–H and O–H groups in total. The lowest BCUT2D eigenvalue weighted by atomic mass is 9.95. The third-order valence-electron chi connectivity index (χ3n) is 6.35. The van der Waals surface area contributed by atoms with Crippen LogP contribution in [-0.4, -0.2) is 37.6 Å². The Morgan fingerprint density at radius 2 is 1.95 bits per heavy atom. The normalized spacial score (nSPS) is 14.2. The van der Waals surface area contributed by atoms with Gasteiger partial charge in [0.25, 0.3) is 0 Å². The molecule has 1 amide bonds. The summed E-state index contributed by atoms with van der Waals surface area (Å²) in [5.41, 5.74) is 0.420. The quantitative estimate of drug-likeness (QED) is 0.372. The molecule has 0 atom stereocenters. The number of rotatable bonds is 4. The second-order valence-corrected chi connectivity index (χ2v) is 10.8. The maximum atomic E-state index is 16.2. The van der Waals surface area contributed by atoms with E-state index >= 15 is 8.78 Å². The Kier molecular flexibility index (Phi) is 5.73. The van der Waals surface area contributed by atoms with Gasteiger partial charge in [0.15, 0.2) is 11.6 Å². The summed E-state index contributed by atoms with van der Waals surface area (Å²) >= 11 is 0. The predicted molar refractivity (Wildman–Crippen MR) is 138 cm³/mol. The van der Waals surface area contributed by atoms with Crippen LogP contribution in [0.5, 0.6) is 0 Å². The first kappa shape index (κ1) is 24.7. The summed E-state index contributed by atoms with van der Waals surface area (Å²) in [5.74, 6) is -0.283. The van der Waals surface area contributed by atoms with Crippen molar-refractivity contribution in [2.24, 2.45) is 0 Å². The number of amides is 1. The molecule has 10 heteroatoms. The van der Waals surface area contributed by atoms with E-state index < -0.39 is 28.9 Å². The van der Waals surface area contributed by atoms with E-state index in [-0.39, 0.29) is 11.3 Å². The third kappa shape index (κ3) is 4.30. The number of benzene rings is 2. The summed E-state index contributed by atoms with van der Waals surface area (Å²) in [4.78, 5) is 12.0. The fourth-order valence-corrected chi connectivity index (χ4v) is 4.83. The van der Waals surface area contributed by atoms with Crippen LogP contribution in [0.2, 0.25) is 0 Å². The fourth-order valence-electron chi connectivity index (χ4n) is 4.83. The minimum Gasteiger partial charge on any atom is -0.444 e. The van der Waals surface area contributed by atoms with Crippen LogP contribution in [0.4, 0.5) is 19.3 Å². The van der Waals surface area contributed by atoms with E-state index in [9.17, 15) is 4.79 Å². The van der Waals surface area contributed by atoms with E-state index in [1.807, 2.05) is 36.7 Å². The molecule has 3 heterocycles. The standard InChI is InChI=1S/C27H30F2N6O2/c1-15-32-33-24-27(5,6)31-19-14-18(28)21(22(29)23(19)35(15)24)17-8-7-9-20-16(17)10-12-34(20)13-11-30-25(36)37-26(2,3)4/h7-10,12,14,31H,11,13H2,1-6H3,(H,30,36). The first-order valence-corrected chi connectivity index (χ1v) is 12.2. The summed E-state index contributed by atoms with van der Waals surface area (Å²) in [6, 6.07) is 8.52. The van der Waals surface area contributed by atoms with Crippen molar-refractivity contribution >= 4 is 22.7 Å². The van der Waals surface area contributed by atoms with E-state index in [1.165, 1.54) is 6.07 Å². The number of carbonyl (C=O) groups excluding carboxylic acids is 1. The molecule has 0 bridgehead atoms. The summed E-state index contributed by atoms with van der Waals surface area (Å²) in [6.45, 7) is 11.7. The van der Waals surface area contributed by atoms with Crippen molar-refractivity contribution in [3.63, 3.8) is 0 Å². The van der Waals surface area contributed by atoms with Gasteiger partial charge >= 0.3 is 6.09 Å². The summed E-state index contributed by atoms with van der Waals surface area (Å²) in [7, 11) is 0. The molecule has 194 valence electrons. The van der Waals surface area contributed by atoms with Gasteiger partial charge in [0.2, 0.25) is 0 Å². The van der Waals surface area contributed by atoms with Gasteiger partial charge in [0, 0.05) is 36.3 Å². The van der Waals surface area contributed by atoms with Crippen molar-refractivity contribution in [1.29, 1.82) is 0 Å². The van der Waals surface area contributed by atoms with Crippen molar-refractivity contribution < 1.29 is 18.3 Å². The molecule has 4 aromatic rings. The van der Waals surface area contributed by atoms with E-state index in [4.69, 9.17) is 4.74 Å². The molecule has 1 aliphatic rings. The van der Waals surface area contributed by atoms with Crippen LogP contribution in [0.1, 0.15) is 46.3 Å². The van der Waals surface area contributed by atoms with E-state index in [0.717, 1.165) is 5.52 Å². The number of alkyl carbamates (subject to hydrolysis) is 1. The molecular weight excluding hydrogens is 478 g/mol. The lowest BCUT2D eigenvalue weighted by molar-refractivity contribution is 0.0526. The van der Waals surface area contributed by atoms with Gasteiger partial charge in [-0.1, -0.05) is 12.1 Å². The molecule has 0 saturated carbocycles. The van der Waals surface area contributed by atoms with Gasteiger partial charge in [-0.05, 0) is 59.2 Å². The highest BCUT2D eigenvalue weighted by atomic mass is 19.1. The molecule has 8 nitrogen and oxygen atoms in total. The lowest BCUT2D eigenvalue weighted by Crippen LogP contribution is -2.36. The van der Waals surface area contributed by atoms with Crippen molar-refractivity contribution in [2.75, 3.05) is 11.9 Å². The van der Waals surface area contributed by atoms with Gasteiger partial charge in [0.1, 0.15) is 22.9 Å². The monoisotopic (exact) mass is 508 g/mol. The number of nitrogens with one attached hydrogen (secondary N) is 2. The number of carbonyl (C=O) groups is 1. The minimum atomic E-state index is -0.686. The average molecular weight is 509 g/mol. The molecule has 0 aliphatic carbocycles. The lowest BCUT2D eigenvalue weighted by Gasteiger charge is -2.34. The molecule has 0 fully saturated rings. The first-order chi connectivity index (χ1) is 17.4. The number of halogens is 2. The Bertz CT molecular complexity index is 1530. The van der Waals surface area contributed by atoms with Crippen LogP contribution in [0.15, 0.2) is 36.5 Å². The van der Waals surface area contributed by atoms with Crippen LogP contribution in [0.3, 0.4) is 0 Å². The average Bonchev–Trinajstić information content (AvgIpc) is 3.37. The molecule has 0 radical (unpaired) electrons. The number of aryl methyl sites for hydroxylation is 1. The number of anilines is 1. The van der Waals surface area contributed by atoms with Crippen LogP contribution >= 0.6 is 0 Å². The predicted octanol–water partition coefficient (Wildman–Crippen LogP) is 5.66. The highest BCUT2D eigenvalue weighted by Gasteiger charge is 2.37. The fraction of sp³-hybridized carbons (Fsp3) is 0.370. The number of ether oxygens (including phenoxy) is 1. The number of hydrogen-bond acceptors (Lipinski definition) is 5. The molecule has 0 unspecified atom stereocenters. The number of hydrogen-bond donors (Lipinski definition) is 2.